The largest absolute Gasteiger partial charge is 0.299 e. The van der Waals surface area contributed by atoms with Gasteiger partial charge in [0.2, 0.25) is 5.91 Å². The minimum Gasteiger partial charge on any atom is -0.299 e. The lowest BCUT2D eigenvalue weighted by atomic mass is 9.89. The van der Waals surface area contributed by atoms with E-state index in [9.17, 15) is 9.59 Å². The topological polar surface area (TPSA) is 65.9 Å². The van der Waals surface area contributed by atoms with Crippen molar-refractivity contribution in [1.29, 1.82) is 0 Å². The minimum absolute atomic E-state index is 0.301. The number of aromatic nitrogens is 1. The van der Waals surface area contributed by atoms with Crippen LogP contribution in [-0.4, -0.2) is 53.6 Å². The first-order valence-electron chi connectivity index (χ1n) is 9.83. The number of amides is 2. The number of aliphatic imine (C=N–C) groups is 1. The van der Waals surface area contributed by atoms with E-state index in [1.807, 2.05) is 18.2 Å². The van der Waals surface area contributed by atoms with Crippen molar-refractivity contribution in [3.8, 4) is 0 Å². The highest BCUT2D eigenvalue weighted by Crippen LogP contribution is 2.31. The molecule has 2 atom stereocenters. The fourth-order valence-electron chi connectivity index (χ4n) is 4.11. The molecule has 144 valence electrons. The Morgan fingerprint density at radius 1 is 1.18 bits per heavy atom. The standard InChI is InChI=1S/C22H24N4O2/c1-2-25-13-7-8-16(25)14-23-15-19-17-9-3-4-10-18(17)21(27)26(22(19)28)20-11-5-6-12-24-20/h3-6,9-12,15-16,19H,2,7-8,13-14H2,1H3/t16-,19?/m1/s1. The molecule has 2 aromatic rings. The van der Waals surface area contributed by atoms with Gasteiger partial charge in [-0.05, 0) is 49.7 Å². The summed E-state index contributed by atoms with van der Waals surface area (Å²) < 4.78 is 0. The average molecular weight is 376 g/mol. The van der Waals surface area contributed by atoms with Crippen LogP contribution >= 0.6 is 0 Å². The van der Waals surface area contributed by atoms with E-state index in [1.165, 1.54) is 11.3 Å². The van der Waals surface area contributed by atoms with Gasteiger partial charge in [-0.2, -0.15) is 0 Å². The Morgan fingerprint density at radius 3 is 2.79 bits per heavy atom. The van der Waals surface area contributed by atoms with Gasteiger partial charge in [-0.25, -0.2) is 9.88 Å². The molecule has 1 saturated heterocycles. The number of hydrogen-bond acceptors (Lipinski definition) is 5. The van der Waals surface area contributed by atoms with Crippen molar-refractivity contribution in [3.05, 3.63) is 59.8 Å². The third-order valence-electron chi connectivity index (χ3n) is 5.57. The predicted molar refractivity (Wildman–Crippen MR) is 109 cm³/mol. The second-order valence-corrected chi connectivity index (χ2v) is 7.17. The van der Waals surface area contributed by atoms with Crippen molar-refractivity contribution in [1.82, 2.24) is 9.88 Å². The predicted octanol–water partition coefficient (Wildman–Crippen LogP) is 2.91. The Kier molecular flexibility index (Phi) is 5.30. The SMILES string of the molecule is CCN1CCC[C@@H]1CN=CC1C(=O)N(c2ccccn2)C(=O)c2ccccc21. The minimum atomic E-state index is -0.576. The molecule has 4 rings (SSSR count). The molecule has 0 N–H and O–H groups in total. The number of nitrogens with zero attached hydrogens (tertiary/aromatic N) is 4. The number of rotatable bonds is 5. The normalized spacial score (nSPS) is 22.8. The van der Waals surface area contributed by atoms with E-state index >= 15 is 0 Å². The highest BCUT2D eigenvalue weighted by Gasteiger charge is 2.39. The van der Waals surface area contributed by atoms with Crippen molar-refractivity contribution in [2.75, 3.05) is 24.5 Å². The van der Waals surface area contributed by atoms with E-state index in [-0.39, 0.29) is 11.8 Å². The second-order valence-electron chi connectivity index (χ2n) is 7.17. The molecule has 0 aliphatic carbocycles. The fraction of sp³-hybridized carbons (Fsp3) is 0.364. The molecule has 0 saturated carbocycles. The summed E-state index contributed by atoms with van der Waals surface area (Å²) in [7, 11) is 0. The van der Waals surface area contributed by atoms with E-state index in [4.69, 9.17) is 0 Å². The monoisotopic (exact) mass is 376 g/mol. The summed E-state index contributed by atoms with van der Waals surface area (Å²) in [6.07, 6.45) is 5.63. The Morgan fingerprint density at radius 2 is 2.00 bits per heavy atom. The summed E-state index contributed by atoms with van der Waals surface area (Å²) in [6.45, 7) is 4.98. The van der Waals surface area contributed by atoms with E-state index in [2.05, 4.69) is 21.8 Å². The number of likely N-dealkylation sites (N-methyl/N-ethyl adjacent to an activating group) is 1. The van der Waals surface area contributed by atoms with Crippen molar-refractivity contribution in [2.45, 2.75) is 31.7 Å². The molecule has 3 heterocycles. The molecular weight excluding hydrogens is 352 g/mol. The molecule has 0 bridgehead atoms. The van der Waals surface area contributed by atoms with E-state index in [0.717, 1.165) is 19.5 Å². The summed E-state index contributed by atoms with van der Waals surface area (Å²) >= 11 is 0. The molecule has 28 heavy (non-hydrogen) atoms. The van der Waals surface area contributed by atoms with Gasteiger partial charge < -0.3 is 0 Å². The summed E-state index contributed by atoms with van der Waals surface area (Å²) in [6, 6.07) is 12.9. The molecule has 1 unspecified atom stereocenters. The van der Waals surface area contributed by atoms with Crippen molar-refractivity contribution >= 4 is 23.8 Å². The van der Waals surface area contributed by atoms with Gasteiger partial charge in [-0.3, -0.25) is 19.5 Å². The van der Waals surface area contributed by atoms with Crippen LogP contribution in [0.25, 0.3) is 0 Å². The summed E-state index contributed by atoms with van der Waals surface area (Å²) in [5.74, 6) is -0.868. The quantitative estimate of drug-likeness (QED) is 0.594. The summed E-state index contributed by atoms with van der Waals surface area (Å²) in [5, 5.41) is 0. The van der Waals surface area contributed by atoms with Gasteiger partial charge in [0, 0.05) is 24.0 Å². The molecule has 6 nitrogen and oxygen atoms in total. The molecule has 6 heteroatoms. The van der Waals surface area contributed by atoms with Crippen molar-refractivity contribution in [3.63, 3.8) is 0 Å². The van der Waals surface area contributed by atoms with Gasteiger partial charge in [-0.1, -0.05) is 31.2 Å². The van der Waals surface area contributed by atoms with Crippen molar-refractivity contribution in [2.24, 2.45) is 4.99 Å². The van der Waals surface area contributed by atoms with Crippen LogP contribution in [0.4, 0.5) is 5.82 Å². The number of fused-ring (bicyclic) bond motifs is 1. The van der Waals surface area contributed by atoms with Crippen LogP contribution in [0.2, 0.25) is 0 Å². The van der Waals surface area contributed by atoms with Gasteiger partial charge in [0.05, 0.1) is 12.5 Å². The molecule has 1 fully saturated rings. The summed E-state index contributed by atoms with van der Waals surface area (Å²) in [5.41, 5.74) is 1.24. The first kappa shape index (κ1) is 18.5. The molecule has 2 amide bonds. The lowest BCUT2D eigenvalue weighted by molar-refractivity contribution is -0.118. The Hall–Kier alpha value is -2.86. The lowest BCUT2D eigenvalue weighted by Gasteiger charge is -2.30. The van der Waals surface area contributed by atoms with Crippen LogP contribution in [-0.2, 0) is 4.79 Å². The van der Waals surface area contributed by atoms with E-state index in [1.54, 1.807) is 36.7 Å². The second kappa shape index (κ2) is 8.02. The number of benzene rings is 1. The molecule has 1 aromatic heterocycles. The lowest BCUT2D eigenvalue weighted by Crippen LogP contribution is -2.46. The van der Waals surface area contributed by atoms with Crippen LogP contribution in [0.5, 0.6) is 0 Å². The first-order valence-corrected chi connectivity index (χ1v) is 9.83. The van der Waals surface area contributed by atoms with Crippen LogP contribution in [0, 0.1) is 0 Å². The Bertz CT molecular complexity index is 896. The zero-order valence-electron chi connectivity index (χ0n) is 16.0. The van der Waals surface area contributed by atoms with Gasteiger partial charge in [0.15, 0.2) is 0 Å². The maximum Gasteiger partial charge on any atom is 0.266 e. The van der Waals surface area contributed by atoms with Crippen LogP contribution in [0.1, 0.15) is 41.6 Å². The fourth-order valence-corrected chi connectivity index (χ4v) is 4.11. The Balaban J connectivity index is 1.63. The number of carbonyl (C=O) groups is 2. The number of anilines is 1. The molecule has 2 aliphatic rings. The maximum absolute atomic E-state index is 13.2. The maximum atomic E-state index is 13.2. The third-order valence-corrected chi connectivity index (χ3v) is 5.57. The highest BCUT2D eigenvalue weighted by molar-refractivity contribution is 6.28. The molecule has 1 aromatic carbocycles. The summed E-state index contributed by atoms with van der Waals surface area (Å²) in [4.78, 5) is 38.6. The molecule has 0 radical (unpaired) electrons. The smallest absolute Gasteiger partial charge is 0.266 e. The van der Waals surface area contributed by atoms with Crippen LogP contribution in [0.3, 0.4) is 0 Å². The van der Waals surface area contributed by atoms with E-state index in [0.29, 0.717) is 29.5 Å². The third kappa shape index (κ3) is 3.36. The van der Waals surface area contributed by atoms with Crippen molar-refractivity contribution < 1.29 is 9.59 Å². The number of pyridine rings is 1. The number of imide groups is 1. The Labute approximate surface area is 164 Å². The number of hydrogen-bond donors (Lipinski definition) is 0. The average Bonchev–Trinajstić information content (AvgIpc) is 3.19. The van der Waals surface area contributed by atoms with Gasteiger partial charge in [-0.15, -0.1) is 0 Å². The number of likely N-dealkylation sites (tertiary alicyclic amines) is 1. The van der Waals surface area contributed by atoms with E-state index < -0.39 is 5.92 Å². The number of carbonyl (C=O) groups excluding carboxylic acids is 2. The van der Waals surface area contributed by atoms with Crippen LogP contribution < -0.4 is 4.90 Å². The zero-order valence-corrected chi connectivity index (χ0v) is 16.0. The highest BCUT2D eigenvalue weighted by atomic mass is 16.2. The molecule has 0 spiro atoms. The van der Waals surface area contributed by atoms with Gasteiger partial charge in [0.25, 0.3) is 5.91 Å². The van der Waals surface area contributed by atoms with Gasteiger partial charge >= 0.3 is 0 Å². The van der Waals surface area contributed by atoms with Gasteiger partial charge in [0.1, 0.15) is 5.82 Å². The molecular formula is C22H24N4O2. The molecule has 2 aliphatic heterocycles. The first-order chi connectivity index (χ1) is 13.7. The zero-order chi connectivity index (χ0) is 19.5. The van der Waals surface area contributed by atoms with Crippen LogP contribution in [0.15, 0.2) is 53.7 Å².